The average Bonchev–Trinajstić information content (AvgIpc) is 2.29. The van der Waals surface area contributed by atoms with Crippen LogP contribution in [0.5, 0.6) is 0 Å². The summed E-state index contributed by atoms with van der Waals surface area (Å²) in [4.78, 5) is 12.2. The first-order valence-electron chi connectivity index (χ1n) is 6.41. The Kier molecular flexibility index (Phi) is 5.39. The van der Waals surface area contributed by atoms with E-state index in [1.165, 1.54) is 0 Å². The van der Waals surface area contributed by atoms with E-state index in [1.807, 2.05) is 13.0 Å². The molecule has 1 aromatic rings. The van der Waals surface area contributed by atoms with Crippen molar-refractivity contribution in [1.82, 2.24) is 5.32 Å². The van der Waals surface area contributed by atoms with Crippen molar-refractivity contribution in [3.63, 3.8) is 0 Å². The minimum atomic E-state index is -0.260. The molecule has 1 aromatic carbocycles. The Morgan fingerprint density at radius 3 is 2.58 bits per heavy atom. The van der Waals surface area contributed by atoms with Crippen molar-refractivity contribution in [2.24, 2.45) is 5.41 Å². The number of amides is 1. The molecule has 3 nitrogen and oxygen atoms in total. The third-order valence-electron chi connectivity index (χ3n) is 2.85. The number of hydrogen-bond acceptors (Lipinski definition) is 2. The van der Waals surface area contributed by atoms with Gasteiger partial charge in [-0.3, -0.25) is 4.79 Å². The van der Waals surface area contributed by atoms with Crippen LogP contribution >= 0.6 is 11.6 Å². The van der Waals surface area contributed by atoms with Crippen LogP contribution in [-0.4, -0.2) is 23.7 Å². The second-order valence-electron chi connectivity index (χ2n) is 6.05. The Morgan fingerprint density at radius 2 is 2.05 bits per heavy atom. The molecule has 0 aliphatic heterocycles. The molecule has 0 spiro atoms. The standard InChI is InChI=1S/C15H22ClNO2/c1-10-6-5-7-12(13(10)16)14(19)17-11(9-18)8-15(2,3)4/h5-7,11,18H,8-9H2,1-4H3,(H,17,19). The molecule has 0 bridgehead atoms. The van der Waals surface area contributed by atoms with Crippen LogP contribution in [0.15, 0.2) is 18.2 Å². The fraction of sp³-hybridized carbons (Fsp3) is 0.533. The molecule has 1 rings (SSSR count). The smallest absolute Gasteiger partial charge is 0.253 e. The molecule has 0 aliphatic rings. The highest BCUT2D eigenvalue weighted by Crippen LogP contribution is 2.23. The molecule has 0 aliphatic carbocycles. The zero-order chi connectivity index (χ0) is 14.6. The van der Waals surface area contributed by atoms with E-state index in [-0.39, 0.29) is 24.0 Å². The number of carbonyl (C=O) groups excluding carboxylic acids is 1. The molecule has 0 saturated heterocycles. The minimum absolute atomic E-state index is 0.0388. The van der Waals surface area contributed by atoms with E-state index >= 15 is 0 Å². The Labute approximate surface area is 120 Å². The lowest BCUT2D eigenvalue weighted by Crippen LogP contribution is -2.40. The van der Waals surface area contributed by atoms with Gasteiger partial charge in [0.05, 0.1) is 23.2 Å². The molecule has 19 heavy (non-hydrogen) atoms. The topological polar surface area (TPSA) is 49.3 Å². The van der Waals surface area contributed by atoms with E-state index in [2.05, 4.69) is 26.1 Å². The van der Waals surface area contributed by atoms with E-state index in [1.54, 1.807) is 12.1 Å². The summed E-state index contributed by atoms with van der Waals surface area (Å²) in [6.45, 7) is 7.99. The summed E-state index contributed by atoms with van der Waals surface area (Å²) in [7, 11) is 0. The molecule has 0 heterocycles. The number of halogens is 1. The third-order valence-corrected chi connectivity index (χ3v) is 3.35. The zero-order valence-electron chi connectivity index (χ0n) is 12.0. The van der Waals surface area contributed by atoms with Gasteiger partial charge in [0, 0.05) is 0 Å². The summed E-state index contributed by atoms with van der Waals surface area (Å²) >= 11 is 6.12. The van der Waals surface area contributed by atoms with Crippen molar-refractivity contribution in [3.8, 4) is 0 Å². The first kappa shape index (κ1) is 16.0. The first-order valence-corrected chi connectivity index (χ1v) is 6.79. The molecule has 1 atom stereocenters. The second-order valence-corrected chi connectivity index (χ2v) is 6.43. The quantitative estimate of drug-likeness (QED) is 0.892. The predicted octanol–water partition coefficient (Wildman–Crippen LogP) is 3.18. The van der Waals surface area contributed by atoms with E-state index < -0.39 is 0 Å². The molecule has 0 radical (unpaired) electrons. The summed E-state index contributed by atoms with van der Waals surface area (Å²) in [5.74, 6) is -0.239. The number of carbonyl (C=O) groups is 1. The van der Waals surface area contributed by atoms with Crippen molar-refractivity contribution in [1.29, 1.82) is 0 Å². The van der Waals surface area contributed by atoms with Crippen LogP contribution < -0.4 is 5.32 Å². The van der Waals surface area contributed by atoms with Crippen molar-refractivity contribution in [3.05, 3.63) is 34.3 Å². The highest BCUT2D eigenvalue weighted by molar-refractivity contribution is 6.34. The van der Waals surface area contributed by atoms with Gasteiger partial charge in [0.25, 0.3) is 5.91 Å². The first-order chi connectivity index (χ1) is 8.74. The van der Waals surface area contributed by atoms with Crippen LogP contribution in [0.2, 0.25) is 5.02 Å². The minimum Gasteiger partial charge on any atom is -0.394 e. The van der Waals surface area contributed by atoms with Gasteiger partial charge in [-0.25, -0.2) is 0 Å². The molecule has 2 N–H and O–H groups in total. The summed E-state index contributed by atoms with van der Waals surface area (Å²) in [6.07, 6.45) is 0.707. The summed E-state index contributed by atoms with van der Waals surface area (Å²) in [5.41, 5.74) is 1.36. The summed E-state index contributed by atoms with van der Waals surface area (Å²) in [5, 5.41) is 12.7. The molecule has 0 saturated carbocycles. The molecule has 0 fully saturated rings. The lowest BCUT2D eigenvalue weighted by molar-refractivity contribution is 0.0898. The molecule has 4 heteroatoms. The normalized spacial score (nSPS) is 13.2. The van der Waals surface area contributed by atoms with Gasteiger partial charge < -0.3 is 10.4 Å². The Hall–Kier alpha value is -1.06. The zero-order valence-corrected chi connectivity index (χ0v) is 12.7. The monoisotopic (exact) mass is 283 g/mol. The maximum atomic E-state index is 12.2. The fourth-order valence-corrected chi connectivity index (χ4v) is 2.20. The van der Waals surface area contributed by atoms with Crippen LogP contribution in [0.4, 0.5) is 0 Å². The molecular formula is C15H22ClNO2. The van der Waals surface area contributed by atoms with E-state index in [9.17, 15) is 9.90 Å². The van der Waals surface area contributed by atoms with Gasteiger partial charge >= 0.3 is 0 Å². The number of benzene rings is 1. The van der Waals surface area contributed by atoms with Crippen LogP contribution in [0.25, 0.3) is 0 Å². The number of rotatable bonds is 4. The van der Waals surface area contributed by atoms with Crippen LogP contribution in [0.3, 0.4) is 0 Å². The van der Waals surface area contributed by atoms with Crippen LogP contribution in [0.1, 0.15) is 43.1 Å². The number of hydrogen-bond donors (Lipinski definition) is 2. The third kappa shape index (κ3) is 4.84. The average molecular weight is 284 g/mol. The Bertz CT molecular complexity index is 452. The lowest BCUT2D eigenvalue weighted by Gasteiger charge is -2.25. The van der Waals surface area contributed by atoms with Gasteiger partial charge in [-0.2, -0.15) is 0 Å². The van der Waals surface area contributed by atoms with Gasteiger partial charge in [-0.15, -0.1) is 0 Å². The number of aliphatic hydroxyl groups is 1. The van der Waals surface area contributed by atoms with Gasteiger partial charge in [0.15, 0.2) is 0 Å². The molecule has 1 unspecified atom stereocenters. The van der Waals surface area contributed by atoms with Gasteiger partial charge in [-0.05, 0) is 30.4 Å². The summed E-state index contributed by atoms with van der Waals surface area (Å²) in [6, 6.07) is 5.09. The van der Waals surface area contributed by atoms with Gasteiger partial charge in [0.2, 0.25) is 0 Å². The Morgan fingerprint density at radius 1 is 1.42 bits per heavy atom. The predicted molar refractivity (Wildman–Crippen MR) is 78.6 cm³/mol. The fourth-order valence-electron chi connectivity index (χ4n) is 1.99. The number of aliphatic hydroxyl groups excluding tert-OH is 1. The van der Waals surface area contributed by atoms with Crippen molar-refractivity contribution >= 4 is 17.5 Å². The van der Waals surface area contributed by atoms with Crippen LogP contribution in [0, 0.1) is 12.3 Å². The number of aryl methyl sites for hydroxylation is 1. The second kappa shape index (κ2) is 6.40. The SMILES string of the molecule is Cc1cccc(C(=O)NC(CO)CC(C)(C)C)c1Cl. The molecule has 1 amide bonds. The maximum Gasteiger partial charge on any atom is 0.253 e. The molecule has 106 valence electrons. The van der Waals surface area contributed by atoms with E-state index in [4.69, 9.17) is 11.6 Å². The van der Waals surface area contributed by atoms with Gasteiger partial charge in [-0.1, -0.05) is 44.5 Å². The molecule has 0 aromatic heterocycles. The van der Waals surface area contributed by atoms with Crippen molar-refractivity contribution in [2.45, 2.75) is 40.2 Å². The van der Waals surface area contributed by atoms with E-state index in [0.717, 1.165) is 5.56 Å². The summed E-state index contributed by atoms with van der Waals surface area (Å²) < 4.78 is 0. The van der Waals surface area contributed by atoms with Crippen molar-refractivity contribution in [2.75, 3.05) is 6.61 Å². The Balaban J connectivity index is 2.80. The van der Waals surface area contributed by atoms with Crippen molar-refractivity contribution < 1.29 is 9.90 Å². The maximum absolute atomic E-state index is 12.2. The van der Waals surface area contributed by atoms with Gasteiger partial charge in [0.1, 0.15) is 0 Å². The van der Waals surface area contributed by atoms with E-state index in [0.29, 0.717) is 17.0 Å². The highest BCUT2D eigenvalue weighted by atomic mass is 35.5. The highest BCUT2D eigenvalue weighted by Gasteiger charge is 2.21. The number of nitrogens with one attached hydrogen (secondary N) is 1. The molecular weight excluding hydrogens is 262 g/mol. The lowest BCUT2D eigenvalue weighted by atomic mass is 9.88. The van der Waals surface area contributed by atoms with Crippen LogP contribution in [-0.2, 0) is 0 Å². The largest absolute Gasteiger partial charge is 0.394 e.